The predicted molar refractivity (Wildman–Crippen MR) is 116 cm³/mol. The van der Waals surface area contributed by atoms with Crippen LogP contribution in [0.15, 0.2) is 48.5 Å². The number of hydrogen-bond donors (Lipinski definition) is 2. The van der Waals surface area contributed by atoms with Crippen LogP contribution in [0.1, 0.15) is 33.1 Å². The molecule has 2 heterocycles. The van der Waals surface area contributed by atoms with Crippen LogP contribution in [0.2, 0.25) is 0 Å². The van der Waals surface area contributed by atoms with Crippen LogP contribution in [0, 0.1) is 6.92 Å². The van der Waals surface area contributed by atoms with Crippen LogP contribution >= 0.6 is 0 Å². The van der Waals surface area contributed by atoms with E-state index in [2.05, 4.69) is 15.7 Å². The number of carbonyl (C=O) groups is 2. The number of amides is 2. The van der Waals surface area contributed by atoms with Crippen LogP contribution in [0.25, 0.3) is 0 Å². The van der Waals surface area contributed by atoms with Gasteiger partial charge in [-0.2, -0.15) is 5.10 Å². The summed E-state index contributed by atoms with van der Waals surface area (Å²) in [6.07, 6.45) is 0. The van der Waals surface area contributed by atoms with E-state index in [4.69, 9.17) is 9.47 Å². The van der Waals surface area contributed by atoms with E-state index in [0.717, 1.165) is 16.8 Å². The second kappa shape index (κ2) is 8.14. The van der Waals surface area contributed by atoms with Crippen LogP contribution in [-0.2, 0) is 11.8 Å². The van der Waals surface area contributed by atoms with Gasteiger partial charge in [-0.1, -0.05) is 24.3 Å². The molecule has 1 aliphatic heterocycles. The van der Waals surface area contributed by atoms with Gasteiger partial charge in [-0.05, 0) is 36.8 Å². The lowest BCUT2D eigenvalue weighted by atomic mass is 9.81. The van der Waals surface area contributed by atoms with Crippen LogP contribution < -0.4 is 20.1 Å². The molecule has 2 N–H and O–H groups in total. The van der Waals surface area contributed by atoms with Gasteiger partial charge in [0.05, 0.1) is 19.9 Å². The Morgan fingerprint density at radius 1 is 1.10 bits per heavy atom. The van der Waals surface area contributed by atoms with Crippen molar-refractivity contribution in [2.45, 2.75) is 18.9 Å². The van der Waals surface area contributed by atoms with Crippen LogP contribution in [0.5, 0.6) is 11.5 Å². The Morgan fingerprint density at radius 2 is 1.81 bits per heavy atom. The first-order chi connectivity index (χ1) is 14.9. The van der Waals surface area contributed by atoms with Gasteiger partial charge in [-0.3, -0.25) is 14.3 Å². The number of rotatable bonds is 5. The molecule has 0 saturated heterocycles. The Kier molecular flexibility index (Phi) is 5.37. The topological polar surface area (TPSA) is 94.5 Å². The van der Waals surface area contributed by atoms with Crippen LogP contribution in [0.4, 0.5) is 5.82 Å². The third-order valence-electron chi connectivity index (χ3n) is 5.53. The first kappa shape index (κ1) is 20.5. The average Bonchev–Trinajstić information content (AvgIpc) is 3.07. The van der Waals surface area contributed by atoms with Crippen molar-refractivity contribution in [2.24, 2.45) is 7.05 Å². The van der Waals surface area contributed by atoms with Crippen molar-refractivity contribution in [3.8, 4) is 11.5 Å². The van der Waals surface area contributed by atoms with Gasteiger partial charge in [-0.15, -0.1) is 0 Å². The molecule has 1 aromatic heterocycles. The Balaban J connectivity index is 1.82. The van der Waals surface area contributed by atoms with Gasteiger partial charge in [0.25, 0.3) is 5.91 Å². The summed E-state index contributed by atoms with van der Waals surface area (Å²) in [6, 6.07) is 13.5. The number of aromatic nitrogens is 2. The quantitative estimate of drug-likeness (QED) is 0.662. The molecule has 4 rings (SSSR count). The molecular weight excluding hydrogens is 396 g/mol. The number of methoxy groups -OCH3 is 2. The average molecular weight is 420 g/mol. The fourth-order valence-corrected chi connectivity index (χ4v) is 4.08. The highest BCUT2D eigenvalue weighted by Crippen LogP contribution is 2.41. The van der Waals surface area contributed by atoms with Crippen molar-refractivity contribution < 1.29 is 19.1 Å². The largest absolute Gasteiger partial charge is 0.493 e. The number of nitrogens with zero attached hydrogens (tertiary/aromatic N) is 2. The highest BCUT2D eigenvalue weighted by Gasteiger charge is 2.41. The molecule has 31 heavy (non-hydrogen) atoms. The third-order valence-corrected chi connectivity index (χ3v) is 5.53. The summed E-state index contributed by atoms with van der Waals surface area (Å²) in [5.74, 6) is 0.662. The van der Waals surface area contributed by atoms with Crippen molar-refractivity contribution in [1.29, 1.82) is 0 Å². The zero-order valence-corrected chi connectivity index (χ0v) is 17.8. The number of hydrogen-bond acceptors (Lipinski definition) is 5. The first-order valence-electron chi connectivity index (χ1n) is 9.86. The van der Waals surface area contributed by atoms with E-state index in [9.17, 15) is 9.59 Å². The van der Waals surface area contributed by atoms with Gasteiger partial charge >= 0.3 is 0 Å². The molecular formula is C23H24N4O4. The maximum Gasteiger partial charge on any atom is 0.251 e. The summed E-state index contributed by atoms with van der Waals surface area (Å²) in [5.41, 5.74) is 2.92. The molecule has 0 fully saturated rings. The summed E-state index contributed by atoms with van der Waals surface area (Å²) in [7, 11) is 4.91. The summed E-state index contributed by atoms with van der Waals surface area (Å²) in [6.45, 7) is 1.89. The van der Waals surface area contributed by atoms with E-state index in [1.807, 2.05) is 25.1 Å². The molecule has 0 unspecified atom stereocenters. The van der Waals surface area contributed by atoms with Gasteiger partial charge in [0.15, 0.2) is 11.5 Å². The van der Waals surface area contributed by atoms with Crippen molar-refractivity contribution in [3.05, 3.63) is 70.9 Å². The molecule has 1 aliphatic rings. The summed E-state index contributed by atoms with van der Waals surface area (Å²) < 4.78 is 12.5. The van der Waals surface area contributed by atoms with Crippen LogP contribution in [0.3, 0.4) is 0 Å². The van der Waals surface area contributed by atoms with E-state index >= 15 is 0 Å². The van der Waals surface area contributed by atoms with E-state index in [1.54, 1.807) is 56.3 Å². The monoisotopic (exact) mass is 420 g/mol. The lowest BCUT2D eigenvalue weighted by Crippen LogP contribution is -2.50. The molecule has 160 valence electrons. The van der Waals surface area contributed by atoms with Crippen molar-refractivity contribution >= 4 is 17.6 Å². The molecule has 8 heteroatoms. The SMILES string of the molecule is COc1ccc([C@H]2c3c(C)nn(C)c3NC(=O)[C@H]2NC(=O)c2ccccc2)cc1OC. The van der Waals surface area contributed by atoms with E-state index in [-0.39, 0.29) is 11.8 Å². The number of ether oxygens (including phenoxy) is 2. The third kappa shape index (κ3) is 3.61. The Labute approximate surface area is 180 Å². The van der Waals surface area contributed by atoms with E-state index in [1.165, 1.54) is 0 Å². The number of carbonyl (C=O) groups excluding carboxylic acids is 2. The lowest BCUT2D eigenvalue weighted by Gasteiger charge is -2.33. The molecule has 0 aliphatic carbocycles. The molecule has 3 aromatic rings. The number of anilines is 1. The molecule has 0 radical (unpaired) electrons. The lowest BCUT2D eigenvalue weighted by molar-refractivity contribution is -0.118. The Morgan fingerprint density at radius 3 is 2.48 bits per heavy atom. The van der Waals surface area contributed by atoms with Gasteiger partial charge in [-0.25, -0.2) is 0 Å². The number of benzene rings is 2. The summed E-state index contributed by atoms with van der Waals surface area (Å²) in [4.78, 5) is 26.0. The summed E-state index contributed by atoms with van der Waals surface area (Å²) in [5, 5.41) is 10.3. The van der Waals surface area contributed by atoms with Gasteiger partial charge in [0.1, 0.15) is 11.9 Å². The van der Waals surface area contributed by atoms with Crippen molar-refractivity contribution in [2.75, 3.05) is 19.5 Å². The minimum absolute atomic E-state index is 0.306. The number of nitrogens with one attached hydrogen (secondary N) is 2. The minimum Gasteiger partial charge on any atom is -0.493 e. The van der Waals surface area contributed by atoms with Gasteiger partial charge in [0.2, 0.25) is 5.91 Å². The molecule has 0 saturated carbocycles. The van der Waals surface area contributed by atoms with Crippen LogP contribution in [-0.4, -0.2) is 41.9 Å². The fourth-order valence-electron chi connectivity index (χ4n) is 4.08. The molecule has 2 atom stereocenters. The zero-order chi connectivity index (χ0) is 22.1. The Bertz CT molecular complexity index is 1140. The second-order valence-corrected chi connectivity index (χ2v) is 7.37. The zero-order valence-electron chi connectivity index (χ0n) is 17.8. The number of fused-ring (bicyclic) bond motifs is 1. The highest BCUT2D eigenvalue weighted by molar-refractivity contribution is 6.03. The minimum atomic E-state index is -0.832. The molecule has 2 amide bonds. The first-order valence-corrected chi connectivity index (χ1v) is 9.86. The molecule has 0 spiro atoms. The van der Waals surface area contributed by atoms with E-state index in [0.29, 0.717) is 22.9 Å². The fraction of sp³-hybridized carbons (Fsp3) is 0.261. The van der Waals surface area contributed by atoms with Crippen molar-refractivity contribution in [1.82, 2.24) is 15.1 Å². The predicted octanol–water partition coefficient (Wildman–Crippen LogP) is 2.63. The van der Waals surface area contributed by atoms with Gasteiger partial charge in [0, 0.05) is 24.1 Å². The Hall–Kier alpha value is -3.81. The van der Waals surface area contributed by atoms with Gasteiger partial charge < -0.3 is 20.1 Å². The maximum absolute atomic E-state index is 13.1. The molecule has 0 bridgehead atoms. The van der Waals surface area contributed by atoms with E-state index < -0.39 is 12.0 Å². The normalized spacial score (nSPS) is 17.5. The van der Waals surface area contributed by atoms with Crippen molar-refractivity contribution in [3.63, 3.8) is 0 Å². The molecule has 8 nitrogen and oxygen atoms in total. The highest BCUT2D eigenvalue weighted by atomic mass is 16.5. The standard InChI is InChI=1S/C23H24N4O4/c1-13-18-19(15-10-11-16(30-3)17(12-15)31-4)20(23(29)25-21(18)27(2)26-13)24-22(28)14-8-6-5-7-9-14/h5-12,19-20H,1-4H3,(H,24,28)(H,25,29)/t19-,20-/m0/s1. The molecule has 2 aromatic carbocycles. The summed E-state index contributed by atoms with van der Waals surface area (Å²) >= 11 is 0. The maximum atomic E-state index is 13.1. The second-order valence-electron chi connectivity index (χ2n) is 7.37. The smallest absolute Gasteiger partial charge is 0.251 e. The number of aryl methyl sites for hydroxylation is 2.